The Morgan fingerprint density at radius 1 is 1.11 bits per heavy atom. The summed E-state index contributed by atoms with van der Waals surface area (Å²) in [4.78, 5) is 12.1. The Labute approximate surface area is 170 Å². The number of hydrogen-bond acceptors (Lipinski definition) is 7. The summed E-state index contributed by atoms with van der Waals surface area (Å²) in [5.41, 5.74) is 5.04. The molecule has 2 N–H and O–H groups in total. The molecule has 0 saturated carbocycles. The molecule has 1 amide bonds. The van der Waals surface area contributed by atoms with Gasteiger partial charge >= 0.3 is 6.09 Å². The van der Waals surface area contributed by atoms with E-state index < -0.39 is 32.1 Å². The van der Waals surface area contributed by atoms with Gasteiger partial charge in [-0.15, -0.1) is 0 Å². The smallest absolute Gasteiger partial charge is 0.422 e. The Morgan fingerprint density at radius 3 is 2.25 bits per heavy atom. The van der Waals surface area contributed by atoms with Crippen LogP contribution >= 0.6 is 0 Å². The molecule has 0 unspecified atom stereocenters. The Morgan fingerprint density at radius 2 is 1.71 bits per heavy atom. The molecule has 28 heavy (non-hydrogen) atoms. The standard InChI is InChI=1S/C19H38N2O6Si/c1-17(2,3)27-16(22)21-20-13-12(11-23-28(9,10)18(4,5)6)24-15-14(13)25-19(7,8)26-15/h12-15,20H,11H2,1-10H3,(H,21,22)/t12-,13-,14-,15-/m1/s1. The van der Waals surface area contributed by atoms with Crippen LogP contribution in [-0.4, -0.2) is 56.9 Å². The molecule has 2 aliphatic heterocycles. The van der Waals surface area contributed by atoms with Crippen molar-refractivity contribution in [2.45, 2.75) is 109 Å². The van der Waals surface area contributed by atoms with Gasteiger partial charge in [0.25, 0.3) is 0 Å². The largest absolute Gasteiger partial charge is 0.443 e. The van der Waals surface area contributed by atoms with Crippen molar-refractivity contribution in [1.82, 2.24) is 10.9 Å². The predicted octanol–water partition coefficient (Wildman–Crippen LogP) is 3.28. The van der Waals surface area contributed by atoms with Crippen LogP contribution in [0.1, 0.15) is 55.4 Å². The molecule has 2 heterocycles. The lowest BCUT2D eigenvalue weighted by Gasteiger charge is -2.37. The Hall–Kier alpha value is -0.713. The lowest BCUT2D eigenvalue weighted by Crippen LogP contribution is -2.56. The van der Waals surface area contributed by atoms with Gasteiger partial charge in [-0.25, -0.2) is 10.2 Å². The Bertz CT molecular complexity index is 570. The maximum atomic E-state index is 12.1. The average molecular weight is 419 g/mol. The van der Waals surface area contributed by atoms with Crippen molar-refractivity contribution in [2.24, 2.45) is 0 Å². The first kappa shape index (κ1) is 23.6. The van der Waals surface area contributed by atoms with Crippen LogP contribution in [0.15, 0.2) is 0 Å². The second-order valence-corrected chi connectivity index (χ2v) is 15.3. The molecule has 2 rings (SSSR count). The summed E-state index contributed by atoms with van der Waals surface area (Å²) in [6.45, 7) is 20.5. The SMILES string of the molecule is CC(C)(C)OC(=O)NN[C@H]1[C@H]2OC(C)(C)O[C@H]2O[C@@H]1CO[Si](C)(C)C(C)(C)C. The quantitative estimate of drug-likeness (QED) is 0.523. The topological polar surface area (TPSA) is 87.3 Å². The third-order valence-corrected chi connectivity index (χ3v) is 9.81. The summed E-state index contributed by atoms with van der Waals surface area (Å²) in [6.07, 6.45) is -1.76. The molecular weight excluding hydrogens is 380 g/mol. The predicted molar refractivity (Wildman–Crippen MR) is 108 cm³/mol. The van der Waals surface area contributed by atoms with Crippen LogP contribution in [0.3, 0.4) is 0 Å². The van der Waals surface area contributed by atoms with Gasteiger partial charge < -0.3 is 23.4 Å². The van der Waals surface area contributed by atoms with Gasteiger partial charge in [-0.05, 0) is 52.8 Å². The van der Waals surface area contributed by atoms with Crippen molar-refractivity contribution in [3.63, 3.8) is 0 Å². The van der Waals surface area contributed by atoms with Crippen LogP contribution < -0.4 is 10.9 Å². The first-order valence-electron chi connectivity index (χ1n) is 9.90. The summed E-state index contributed by atoms with van der Waals surface area (Å²) in [6, 6.07) is -0.330. The van der Waals surface area contributed by atoms with Gasteiger partial charge in [0.1, 0.15) is 17.8 Å². The third kappa shape index (κ3) is 5.90. The van der Waals surface area contributed by atoms with Gasteiger partial charge in [0.2, 0.25) is 0 Å². The number of hydrogen-bond donors (Lipinski definition) is 2. The molecular formula is C19H38N2O6Si. The van der Waals surface area contributed by atoms with Crippen LogP contribution in [0.25, 0.3) is 0 Å². The van der Waals surface area contributed by atoms with Crippen LogP contribution in [-0.2, 0) is 23.4 Å². The normalized spacial score (nSPS) is 30.2. The van der Waals surface area contributed by atoms with Crippen molar-refractivity contribution < 1.29 is 28.2 Å². The van der Waals surface area contributed by atoms with Crippen LogP contribution in [0.5, 0.6) is 0 Å². The number of hydrazine groups is 1. The minimum atomic E-state index is -1.94. The van der Waals surface area contributed by atoms with Crippen molar-refractivity contribution in [3.05, 3.63) is 0 Å². The molecule has 0 spiro atoms. The van der Waals surface area contributed by atoms with Crippen molar-refractivity contribution >= 4 is 14.4 Å². The van der Waals surface area contributed by atoms with Gasteiger partial charge in [0.05, 0.1) is 12.6 Å². The van der Waals surface area contributed by atoms with E-state index in [1.54, 1.807) is 0 Å². The van der Waals surface area contributed by atoms with Crippen molar-refractivity contribution in [3.8, 4) is 0 Å². The third-order valence-electron chi connectivity index (χ3n) is 5.31. The summed E-state index contributed by atoms with van der Waals surface area (Å²) < 4.78 is 29.5. The van der Waals surface area contributed by atoms with E-state index in [1.807, 2.05) is 34.6 Å². The van der Waals surface area contributed by atoms with E-state index in [2.05, 4.69) is 44.7 Å². The average Bonchev–Trinajstić information content (AvgIpc) is 2.91. The van der Waals surface area contributed by atoms with E-state index in [1.165, 1.54) is 0 Å². The number of amides is 1. The highest BCUT2D eigenvalue weighted by Gasteiger charge is 2.55. The minimum Gasteiger partial charge on any atom is -0.443 e. The summed E-state index contributed by atoms with van der Waals surface area (Å²) in [5.74, 6) is -0.744. The fourth-order valence-electron chi connectivity index (χ4n) is 2.85. The van der Waals surface area contributed by atoms with Crippen LogP contribution in [0, 0.1) is 0 Å². The summed E-state index contributed by atoms with van der Waals surface area (Å²) >= 11 is 0. The first-order valence-corrected chi connectivity index (χ1v) is 12.8. The highest BCUT2D eigenvalue weighted by Crippen LogP contribution is 2.40. The van der Waals surface area contributed by atoms with E-state index in [0.29, 0.717) is 6.61 Å². The van der Waals surface area contributed by atoms with E-state index in [0.717, 1.165) is 0 Å². The van der Waals surface area contributed by atoms with Gasteiger partial charge in [0, 0.05) is 0 Å². The van der Waals surface area contributed by atoms with Crippen LogP contribution in [0.2, 0.25) is 18.1 Å². The van der Waals surface area contributed by atoms with E-state index >= 15 is 0 Å². The summed E-state index contributed by atoms with van der Waals surface area (Å²) in [7, 11) is -1.94. The monoisotopic (exact) mass is 418 g/mol. The molecule has 0 bridgehead atoms. The second-order valence-electron chi connectivity index (χ2n) is 10.5. The van der Waals surface area contributed by atoms with E-state index in [9.17, 15) is 4.79 Å². The fourth-order valence-corrected chi connectivity index (χ4v) is 3.86. The molecule has 164 valence electrons. The molecule has 2 saturated heterocycles. The number of ether oxygens (including phenoxy) is 4. The zero-order chi connectivity index (χ0) is 21.5. The number of carbonyl (C=O) groups is 1. The molecule has 2 fully saturated rings. The van der Waals surface area contributed by atoms with Gasteiger partial charge in [-0.1, -0.05) is 20.8 Å². The Kier molecular flexibility index (Phi) is 6.60. The second kappa shape index (κ2) is 7.85. The molecule has 2 aliphatic rings. The number of fused-ring (bicyclic) bond motifs is 1. The number of rotatable bonds is 5. The van der Waals surface area contributed by atoms with Crippen molar-refractivity contribution in [1.29, 1.82) is 0 Å². The molecule has 0 aliphatic carbocycles. The van der Waals surface area contributed by atoms with Gasteiger partial charge in [-0.3, -0.25) is 5.43 Å². The van der Waals surface area contributed by atoms with Crippen molar-refractivity contribution in [2.75, 3.05) is 6.61 Å². The molecule has 0 aromatic heterocycles. The number of nitrogens with one attached hydrogen (secondary N) is 2. The minimum absolute atomic E-state index is 0.0914. The summed E-state index contributed by atoms with van der Waals surface area (Å²) in [5, 5.41) is 0.0914. The fraction of sp³-hybridized carbons (Fsp3) is 0.947. The first-order chi connectivity index (χ1) is 12.5. The van der Waals surface area contributed by atoms with E-state index in [4.69, 9.17) is 23.4 Å². The molecule has 0 aromatic carbocycles. The zero-order valence-corrected chi connectivity index (χ0v) is 20.0. The van der Waals surface area contributed by atoms with E-state index in [-0.39, 0.29) is 23.3 Å². The molecule has 0 radical (unpaired) electrons. The Balaban J connectivity index is 2.04. The highest BCUT2D eigenvalue weighted by molar-refractivity contribution is 6.74. The maximum absolute atomic E-state index is 12.1. The molecule has 8 nitrogen and oxygen atoms in total. The number of carbonyl (C=O) groups excluding carboxylic acids is 1. The van der Waals surface area contributed by atoms with Crippen LogP contribution in [0.4, 0.5) is 4.79 Å². The molecule has 0 aromatic rings. The lowest BCUT2D eigenvalue weighted by molar-refractivity contribution is -0.210. The zero-order valence-electron chi connectivity index (χ0n) is 19.0. The molecule has 4 atom stereocenters. The molecule has 9 heteroatoms. The highest BCUT2D eigenvalue weighted by atomic mass is 28.4. The van der Waals surface area contributed by atoms with Gasteiger partial charge in [0.15, 0.2) is 20.4 Å². The maximum Gasteiger partial charge on any atom is 0.422 e. The van der Waals surface area contributed by atoms with Gasteiger partial charge in [-0.2, -0.15) is 0 Å². The lowest BCUT2D eigenvalue weighted by atomic mass is 10.1.